The van der Waals surface area contributed by atoms with Gasteiger partial charge in [0, 0.05) is 0 Å². The van der Waals surface area contributed by atoms with Crippen LogP contribution in [0.4, 0.5) is 0 Å². The molecule has 0 saturated heterocycles. The van der Waals surface area contributed by atoms with Crippen molar-refractivity contribution >= 4 is 21.1 Å². The standard InChI is InChI=1S/C8H6N4O2S/c1-15(13,14)12-8-3-2-6(5-9)4-7(8)10-11-12/h2-4H,1H3. The minimum absolute atomic E-state index is 0.372. The number of nitrogens with zero attached hydrogens (tertiary/aromatic N) is 4. The van der Waals surface area contributed by atoms with Gasteiger partial charge < -0.3 is 0 Å². The molecule has 76 valence electrons. The maximum Gasteiger partial charge on any atom is 0.252 e. The molecule has 0 radical (unpaired) electrons. The lowest BCUT2D eigenvalue weighted by molar-refractivity contribution is 0.586. The molecule has 0 N–H and O–H groups in total. The average Bonchev–Trinajstić information content (AvgIpc) is 2.59. The number of hydrogen-bond donors (Lipinski definition) is 0. The van der Waals surface area contributed by atoms with Gasteiger partial charge in [0.1, 0.15) is 11.0 Å². The third-order valence-electron chi connectivity index (χ3n) is 1.86. The summed E-state index contributed by atoms with van der Waals surface area (Å²) in [4.78, 5) is 0. The smallest absolute Gasteiger partial charge is 0.205 e. The third kappa shape index (κ3) is 1.55. The molecule has 0 aliphatic heterocycles. The van der Waals surface area contributed by atoms with Crippen molar-refractivity contribution < 1.29 is 8.42 Å². The summed E-state index contributed by atoms with van der Waals surface area (Å²) < 4.78 is 23.4. The lowest BCUT2D eigenvalue weighted by atomic mass is 10.2. The van der Waals surface area contributed by atoms with E-state index in [-0.39, 0.29) is 0 Å². The van der Waals surface area contributed by atoms with E-state index in [0.29, 0.717) is 16.6 Å². The topological polar surface area (TPSA) is 88.6 Å². The molecule has 2 aromatic rings. The van der Waals surface area contributed by atoms with Crippen LogP contribution in [0.1, 0.15) is 5.56 Å². The number of nitriles is 1. The first-order valence-electron chi connectivity index (χ1n) is 3.98. The van der Waals surface area contributed by atoms with Crippen LogP contribution in [0, 0.1) is 11.3 Å². The molecule has 2 rings (SSSR count). The van der Waals surface area contributed by atoms with Crippen molar-refractivity contribution in [3.8, 4) is 6.07 Å². The largest absolute Gasteiger partial charge is 0.252 e. The van der Waals surface area contributed by atoms with Crippen LogP contribution in [-0.4, -0.2) is 29.1 Å². The molecule has 0 atom stereocenters. The predicted octanol–water partition coefficient (Wildman–Crippen LogP) is 0.111. The van der Waals surface area contributed by atoms with E-state index in [1.165, 1.54) is 18.2 Å². The highest BCUT2D eigenvalue weighted by molar-refractivity contribution is 7.89. The Labute approximate surface area is 85.8 Å². The molecule has 0 aliphatic carbocycles. The van der Waals surface area contributed by atoms with E-state index < -0.39 is 10.0 Å². The van der Waals surface area contributed by atoms with Gasteiger partial charge in [-0.3, -0.25) is 0 Å². The molecule has 0 fully saturated rings. The summed E-state index contributed by atoms with van der Waals surface area (Å²) in [7, 11) is -3.45. The Bertz CT molecular complexity index is 665. The molecule has 0 saturated carbocycles. The highest BCUT2D eigenvalue weighted by Crippen LogP contribution is 2.13. The van der Waals surface area contributed by atoms with E-state index in [1.807, 2.05) is 6.07 Å². The van der Waals surface area contributed by atoms with Gasteiger partial charge >= 0.3 is 0 Å². The Morgan fingerprint density at radius 2 is 2.20 bits per heavy atom. The van der Waals surface area contributed by atoms with Crippen molar-refractivity contribution in [3.05, 3.63) is 23.8 Å². The summed E-state index contributed by atoms with van der Waals surface area (Å²) in [6, 6.07) is 6.46. The summed E-state index contributed by atoms with van der Waals surface area (Å²) in [5.41, 5.74) is 1.18. The molecular weight excluding hydrogens is 216 g/mol. The van der Waals surface area contributed by atoms with Gasteiger partial charge in [0.25, 0.3) is 10.0 Å². The van der Waals surface area contributed by atoms with Crippen LogP contribution in [0.25, 0.3) is 11.0 Å². The molecule has 1 heterocycles. The van der Waals surface area contributed by atoms with E-state index in [1.54, 1.807) is 0 Å². The first kappa shape index (κ1) is 9.61. The second-order valence-corrected chi connectivity index (χ2v) is 4.82. The normalized spacial score (nSPS) is 11.5. The van der Waals surface area contributed by atoms with Gasteiger partial charge in [0.05, 0.1) is 17.9 Å². The quantitative estimate of drug-likeness (QED) is 0.683. The van der Waals surface area contributed by atoms with E-state index in [0.717, 1.165) is 10.3 Å². The van der Waals surface area contributed by atoms with Gasteiger partial charge in [-0.05, 0) is 18.2 Å². The third-order valence-corrected chi connectivity index (χ3v) is 2.76. The highest BCUT2D eigenvalue weighted by atomic mass is 32.2. The zero-order valence-electron chi connectivity index (χ0n) is 7.75. The predicted molar refractivity (Wildman–Crippen MR) is 52.5 cm³/mol. The summed E-state index contributed by atoms with van der Waals surface area (Å²) in [6.45, 7) is 0. The Morgan fingerprint density at radius 1 is 1.47 bits per heavy atom. The summed E-state index contributed by atoms with van der Waals surface area (Å²) in [5, 5.41) is 15.8. The molecule has 1 aromatic heterocycles. The molecular formula is C8H6N4O2S. The SMILES string of the molecule is CS(=O)(=O)n1nnc2cc(C#N)ccc21. The van der Waals surface area contributed by atoms with Crippen molar-refractivity contribution in [1.82, 2.24) is 14.4 Å². The average molecular weight is 222 g/mol. The molecule has 0 amide bonds. The molecule has 0 unspecified atom stereocenters. The molecule has 1 aromatic carbocycles. The Morgan fingerprint density at radius 3 is 2.80 bits per heavy atom. The zero-order chi connectivity index (χ0) is 11.1. The highest BCUT2D eigenvalue weighted by Gasteiger charge is 2.12. The Balaban J connectivity index is 2.80. The van der Waals surface area contributed by atoms with Crippen molar-refractivity contribution in [2.75, 3.05) is 6.26 Å². The second-order valence-electron chi connectivity index (χ2n) is 3.01. The fraction of sp³-hybridized carbons (Fsp3) is 0.125. The van der Waals surface area contributed by atoms with Crippen LogP contribution in [0.3, 0.4) is 0 Å². The van der Waals surface area contributed by atoms with Gasteiger partial charge in [-0.1, -0.05) is 5.21 Å². The molecule has 0 spiro atoms. The number of aromatic nitrogens is 3. The number of fused-ring (bicyclic) bond motifs is 1. The monoisotopic (exact) mass is 222 g/mol. The number of hydrogen-bond acceptors (Lipinski definition) is 5. The van der Waals surface area contributed by atoms with Gasteiger partial charge in [0.15, 0.2) is 0 Å². The fourth-order valence-corrected chi connectivity index (χ4v) is 1.90. The van der Waals surface area contributed by atoms with Crippen LogP contribution in [-0.2, 0) is 10.0 Å². The Kier molecular flexibility index (Phi) is 1.94. The lowest BCUT2D eigenvalue weighted by Crippen LogP contribution is -2.11. The summed E-state index contributed by atoms with van der Waals surface area (Å²) in [6.07, 6.45) is 1.04. The molecule has 0 aliphatic rings. The van der Waals surface area contributed by atoms with Crippen LogP contribution >= 0.6 is 0 Å². The zero-order valence-corrected chi connectivity index (χ0v) is 8.56. The number of rotatable bonds is 1. The molecule has 6 nitrogen and oxygen atoms in total. The minimum atomic E-state index is -3.45. The molecule has 15 heavy (non-hydrogen) atoms. The maximum atomic E-state index is 11.3. The van der Waals surface area contributed by atoms with Crippen molar-refractivity contribution in [1.29, 1.82) is 5.26 Å². The minimum Gasteiger partial charge on any atom is -0.205 e. The maximum absolute atomic E-state index is 11.3. The fourth-order valence-electron chi connectivity index (χ4n) is 1.22. The van der Waals surface area contributed by atoms with Crippen LogP contribution in [0.15, 0.2) is 18.2 Å². The van der Waals surface area contributed by atoms with E-state index >= 15 is 0 Å². The van der Waals surface area contributed by atoms with Crippen LogP contribution in [0.5, 0.6) is 0 Å². The van der Waals surface area contributed by atoms with Gasteiger partial charge in [0.2, 0.25) is 0 Å². The van der Waals surface area contributed by atoms with E-state index in [4.69, 9.17) is 5.26 Å². The van der Waals surface area contributed by atoms with Gasteiger partial charge in [-0.25, -0.2) is 8.42 Å². The molecule has 0 bridgehead atoms. The number of benzene rings is 1. The summed E-state index contributed by atoms with van der Waals surface area (Å²) in [5.74, 6) is 0. The van der Waals surface area contributed by atoms with E-state index in [9.17, 15) is 8.42 Å². The van der Waals surface area contributed by atoms with Crippen LogP contribution < -0.4 is 0 Å². The van der Waals surface area contributed by atoms with Gasteiger partial charge in [-0.15, -0.1) is 9.19 Å². The van der Waals surface area contributed by atoms with Crippen molar-refractivity contribution in [3.63, 3.8) is 0 Å². The first-order chi connectivity index (χ1) is 7.02. The van der Waals surface area contributed by atoms with Crippen molar-refractivity contribution in [2.45, 2.75) is 0 Å². The molecule has 7 heteroatoms. The van der Waals surface area contributed by atoms with Crippen LogP contribution in [0.2, 0.25) is 0 Å². The van der Waals surface area contributed by atoms with E-state index in [2.05, 4.69) is 10.3 Å². The Hall–Kier alpha value is -1.94. The summed E-state index contributed by atoms with van der Waals surface area (Å²) >= 11 is 0. The second kappa shape index (κ2) is 3.03. The van der Waals surface area contributed by atoms with Gasteiger partial charge in [-0.2, -0.15) is 5.26 Å². The lowest BCUT2D eigenvalue weighted by Gasteiger charge is -1.96. The van der Waals surface area contributed by atoms with Crippen molar-refractivity contribution in [2.24, 2.45) is 0 Å². The first-order valence-corrected chi connectivity index (χ1v) is 5.83.